The number of allylic oxidation sites excluding steroid dienone is 1. The first kappa shape index (κ1) is 10.3. The summed E-state index contributed by atoms with van der Waals surface area (Å²) in [5.74, 6) is 0. The van der Waals surface area contributed by atoms with Gasteiger partial charge in [-0.3, -0.25) is 0 Å². The van der Waals surface area contributed by atoms with Crippen LogP contribution in [0.4, 0.5) is 0 Å². The number of aryl methyl sites for hydroxylation is 1. The van der Waals surface area contributed by atoms with E-state index in [0.29, 0.717) is 0 Å². The monoisotopic (exact) mass is 221 g/mol. The number of aromatic nitrogens is 1. The van der Waals surface area contributed by atoms with Gasteiger partial charge in [0.25, 0.3) is 0 Å². The number of H-pyrrole nitrogens is 1. The summed E-state index contributed by atoms with van der Waals surface area (Å²) in [5, 5.41) is 8.92. The van der Waals surface area contributed by atoms with E-state index < -0.39 is 0 Å². The number of hydrogen-bond donors (Lipinski definition) is 2. The Hall–Kier alpha value is -0.816. The van der Waals surface area contributed by atoms with E-state index in [4.69, 9.17) is 5.41 Å². The summed E-state index contributed by atoms with van der Waals surface area (Å²) in [7, 11) is 0. The fraction of sp³-hybridized carbons (Fsp3) is 0.300. The Kier molecular flexibility index (Phi) is 3.97. The van der Waals surface area contributed by atoms with Crippen molar-refractivity contribution in [1.82, 2.24) is 4.98 Å². The molecule has 0 aromatic carbocycles. The van der Waals surface area contributed by atoms with E-state index in [-0.39, 0.29) is 13.4 Å². The molecule has 0 amide bonds. The first-order chi connectivity index (χ1) is 6.29. The summed E-state index contributed by atoms with van der Waals surface area (Å²) in [6, 6.07) is 2.08. The van der Waals surface area contributed by atoms with Crippen molar-refractivity contribution in [2.24, 2.45) is 0 Å². The molecule has 0 saturated heterocycles. The molecule has 0 aliphatic heterocycles. The molecule has 0 bridgehead atoms. The van der Waals surface area contributed by atoms with Crippen LogP contribution in [-0.2, 0) is 13.4 Å². The third-order valence-electron chi connectivity index (χ3n) is 1.55. The van der Waals surface area contributed by atoms with Gasteiger partial charge in [-0.1, -0.05) is 0 Å². The first-order valence-corrected chi connectivity index (χ1v) is 5.92. The van der Waals surface area contributed by atoms with Crippen LogP contribution >= 0.6 is 0 Å². The molecule has 75 valence electrons. The van der Waals surface area contributed by atoms with Crippen LogP contribution in [0.25, 0.3) is 0 Å². The normalized spacial score (nSPS) is 11.0. The molecule has 0 unspecified atom stereocenters. The number of nitrogens with one attached hydrogen (secondary N) is 2. The van der Waals surface area contributed by atoms with Crippen molar-refractivity contribution in [3.63, 3.8) is 0 Å². The SMILES string of the molecule is C=C[CH2][Ni]([CH2]C=N)[c]1[nH]ccc1C. The number of aromatic amines is 1. The second-order valence-corrected chi connectivity index (χ2v) is 5.07. The topological polar surface area (TPSA) is 39.6 Å². The molecule has 1 aromatic rings. The zero-order valence-electron chi connectivity index (χ0n) is 7.75. The summed E-state index contributed by atoms with van der Waals surface area (Å²) >= 11 is -0.0243. The Labute approximate surface area is 83.2 Å². The molecular formula is C10H15N2Ni. The number of hydrogen-bond acceptors (Lipinski definition) is 1. The van der Waals surface area contributed by atoms with E-state index >= 15 is 0 Å². The zero-order valence-corrected chi connectivity index (χ0v) is 8.73. The van der Waals surface area contributed by atoms with Crippen molar-refractivity contribution in [2.45, 2.75) is 17.7 Å². The van der Waals surface area contributed by atoms with Crippen LogP contribution in [0.5, 0.6) is 0 Å². The van der Waals surface area contributed by atoms with Crippen molar-refractivity contribution < 1.29 is 13.4 Å². The van der Waals surface area contributed by atoms with E-state index in [1.807, 2.05) is 12.3 Å². The van der Waals surface area contributed by atoms with E-state index in [2.05, 4.69) is 24.6 Å². The van der Waals surface area contributed by atoms with Gasteiger partial charge in [-0.25, -0.2) is 0 Å². The second-order valence-electron chi connectivity index (χ2n) is 2.58. The minimum absolute atomic E-state index is 0.0243. The first-order valence-electron chi connectivity index (χ1n) is 4.03. The van der Waals surface area contributed by atoms with E-state index in [9.17, 15) is 0 Å². The van der Waals surface area contributed by atoms with Crippen molar-refractivity contribution in [3.8, 4) is 0 Å². The molecular weight excluding hydrogens is 207 g/mol. The molecule has 0 fully saturated rings. The molecule has 1 heterocycles. The van der Waals surface area contributed by atoms with E-state index in [1.54, 1.807) is 0 Å². The molecule has 0 atom stereocenters. The fourth-order valence-electron chi connectivity index (χ4n) is 1.03. The Morgan fingerprint density at radius 3 is 2.85 bits per heavy atom. The third kappa shape index (κ3) is 2.56. The molecule has 2 nitrogen and oxygen atoms in total. The molecule has 0 aliphatic rings. The molecule has 0 saturated carbocycles. The molecule has 0 spiro atoms. The second kappa shape index (κ2) is 5.03. The van der Waals surface area contributed by atoms with Crippen LogP contribution in [0, 0.1) is 12.3 Å². The molecule has 2 N–H and O–H groups in total. The minimum atomic E-state index is -0.0243. The Morgan fingerprint density at radius 1 is 1.62 bits per heavy atom. The molecule has 3 heteroatoms. The van der Waals surface area contributed by atoms with Gasteiger partial charge < -0.3 is 0 Å². The average Bonchev–Trinajstić information content (AvgIpc) is 2.51. The van der Waals surface area contributed by atoms with Gasteiger partial charge in [0.2, 0.25) is 0 Å². The van der Waals surface area contributed by atoms with Crippen molar-refractivity contribution in [1.29, 1.82) is 5.41 Å². The third-order valence-corrected chi connectivity index (χ3v) is 4.24. The van der Waals surface area contributed by atoms with Crippen molar-refractivity contribution in [2.75, 3.05) is 0 Å². The fourth-order valence-corrected chi connectivity index (χ4v) is 3.10. The van der Waals surface area contributed by atoms with Crippen LogP contribution < -0.4 is 4.66 Å². The molecule has 1 rings (SSSR count). The van der Waals surface area contributed by atoms with Gasteiger partial charge in [-0.15, -0.1) is 0 Å². The predicted molar refractivity (Wildman–Crippen MR) is 53.8 cm³/mol. The summed E-state index contributed by atoms with van der Waals surface area (Å²) in [6.07, 6.45) is 5.37. The van der Waals surface area contributed by atoms with Crippen LogP contribution in [-0.4, -0.2) is 11.2 Å². The van der Waals surface area contributed by atoms with Crippen molar-refractivity contribution in [3.05, 3.63) is 30.5 Å². The zero-order chi connectivity index (χ0) is 9.68. The summed E-state index contributed by atoms with van der Waals surface area (Å²) in [6.45, 7) is 5.84. The molecule has 13 heavy (non-hydrogen) atoms. The molecule has 1 aromatic heterocycles. The van der Waals surface area contributed by atoms with Crippen LogP contribution in [0.3, 0.4) is 0 Å². The Morgan fingerprint density at radius 2 is 2.38 bits per heavy atom. The van der Waals surface area contributed by atoms with E-state index in [1.165, 1.54) is 16.4 Å². The van der Waals surface area contributed by atoms with Gasteiger partial charge in [-0.05, 0) is 0 Å². The van der Waals surface area contributed by atoms with Crippen LogP contribution in [0.15, 0.2) is 24.9 Å². The molecule has 0 radical (unpaired) electrons. The number of rotatable bonds is 5. The van der Waals surface area contributed by atoms with Gasteiger partial charge in [0, 0.05) is 0 Å². The average molecular weight is 222 g/mol. The summed E-state index contributed by atoms with van der Waals surface area (Å²) < 4.78 is 1.28. The van der Waals surface area contributed by atoms with Crippen molar-refractivity contribution >= 4 is 10.9 Å². The maximum absolute atomic E-state index is 7.12. The van der Waals surface area contributed by atoms with Crippen LogP contribution in [0.1, 0.15) is 5.56 Å². The van der Waals surface area contributed by atoms with Gasteiger partial charge in [0.05, 0.1) is 0 Å². The van der Waals surface area contributed by atoms with Gasteiger partial charge in [-0.2, -0.15) is 0 Å². The predicted octanol–water partition coefficient (Wildman–Crippen LogP) is 2.24. The van der Waals surface area contributed by atoms with Gasteiger partial charge >= 0.3 is 82.9 Å². The Balaban J connectivity index is 2.80. The maximum atomic E-state index is 7.12. The van der Waals surface area contributed by atoms with E-state index in [0.717, 1.165) is 10.8 Å². The van der Waals surface area contributed by atoms with Crippen LogP contribution in [0.2, 0.25) is 10.8 Å². The summed E-state index contributed by atoms with van der Waals surface area (Å²) in [4.78, 5) is 3.24. The standard InChI is InChI=1S/C5H6N.C3H5.C2H4N.Ni/c1-5-2-3-6-4-5;1-3-2;1-2-3;/h2-3,6H,1H3;3H,1-2H2;2-3H,1H2;. The quantitative estimate of drug-likeness (QED) is 0.435. The van der Waals surface area contributed by atoms with Gasteiger partial charge in [0.1, 0.15) is 0 Å². The Bertz CT molecular complexity index is 281. The molecule has 0 aliphatic carbocycles. The van der Waals surface area contributed by atoms with Gasteiger partial charge in [0.15, 0.2) is 0 Å². The summed E-state index contributed by atoms with van der Waals surface area (Å²) in [5.41, 5.74) is 1.29.